The van der Waals surface area contributed by atoms with Crippen LogP contribution in [-0.4, -0.2) is 37.7 Å². The number of nitrogens with one attached hydrogen (secondary N) is 3. The van der Waals surface area contributed by atoms with Crippen molar-refractivity contribution < 1.29 is 8.42 Å². The van der Waals surface area contributed by atoms with Gasteiger partial charge in [0.05, 0.1) is 6.26 Å². The standard InChI is InChI=1S/C10H20N6O2S/c1-4-8-14-9(7(2)10(15-8)16-11)12-5-6-13-19(3,17)18/h13H,4-6,11H2,1-3H3,(H2,12,14,15,16). The highest BCUT2D eigenvalue weighted by molar-refractivity contribution is 7.88. The normalized spacial score (nSPS) is 11.4. The first-order valence-electron chi connectivity index (χ1n) is 5.90. The van der Waals surface area contributed by atoms with Crippen LogP contribution in [0.1, 0.15) is 18.3 Å². The van der Waals surface area contributed by atoms with Gasteiger partial charge in [0.1, 0.15) is 17.5 Å². The third kappa shape index (κ3) is 4.97. The molecule has 0 atom stereocenters. The summed E-state index contributed by atoms with van der Waals surface area (Å²) in [6.07, 6.45) is 1.81. The Kier molecular flexibility index (Phi) is 5.45. The Labute approximate surface area is 113 Å². The first-order chi connectivity index (χ1) is 8.87. The minimum atomic E-state index is -3.17. The van der Waals surface area contributed by atoms with E-state index in [9.17, 15) is 8.42 Å². The summed E-state index contributed by atoms with van der Waals surface area (Å²) in [5.41, 5.74) is 3.31. The number of hydrazine groups is 1. The summed E-state index contributed by atoms with van der Waals surface area (Å²) in [6.45, 7) is 4.49. The van der Waals surface area contributed by atoms with Crippen molar-refractivity contribution in [3.8, 4) is 0 Å². The number of rotatable bonds is 7. The Morgan fingerprint density at radius 1 is 1.21 bits per heavy atom. The van der Waals surface area contributed by atoms with Gasteiger partial charge in [0, 0.05) is 25.1 Å². The summed E-state index contributed by atoms with van der Waals surface area (Å²) >= 11 is 0. The number of anilines is 2. The van der Waals surface area contributed by atoms with Crippen LogP contribution in [0, 0.1) is 6.92 Å². The largest absolute Gasteiger partial charge is 0.368 e. The topological polar surface area (TPSA) is 122 Å². The Balaban J connectivity index is 2.72. The van der Waals surface area contributed by atoms with Crippen LogP contribution in [0.4, 0.5) is 11.6 Å². The molecular formula is C10H20N6O2S. The van der Waals surface area contributed by atoms with Crippen LogP contribution in [0.25, 0.3) is 0 Å². The molecule has 0 aliphatic heterocycles. The molecule has 0 radical (unpaired) electrons. The minimum absolute atomic E-state index is 0.287. The Morgan fingerprint density at radius 3 is 2.37 bits per heavy atom. The maximum Gasteiger partial charge on any atom is 0.208 e. The monoisotopic (exact) mass is 288 g/mol. The molecule has 108 valence electrons. The van der Waals surface area contributed by atoms with Crippen LogP contribution >= 0.6 is 0 Å². The first kappa shape index (κ1) is 15.6. The fourth-order valence-corrected chi connectivity index (χ4v) is 1.92. The van der Waals surface area contributed by atoms with Crippen molar-refractivity contribution in [2.75, 3.05) is 30.1 Å². The summed E-state index contributed by atoms with van der Waals surface area (Å²) in [5.74, 6) is 7.27. The molecule has 0 unspecified atom stereocenters. The molecule has 1 aromatic heterocycles. The molecule has 5 N–H and O–H groups in total. The molecule has 0 amide bonds. The van der Waals surface area contributed by atoms with Gasteiger partial charge in [-0.1, -0.05) is 6.92 Å². The van der Waals surface area contributed by atoms with Gasteiger partial charge < -0.3 is 10.7 Å². The summed E-state index contributed by atoms with van der Waals surface area (Å²) in [4.78, 5) is 8.58. The van der Waals surface area contributed by atoms with Gasteiger partial charge >= 0.3 is 0 Å². The Morgan fingerprint density at radius 2 is 1.84 bits per heavy atom. The van der Waals surface area contributed by atoms with Gasteiger partial charge in [-0.2, -0.15) is 0 Å². The van der Waals surface area contributed by atoms with Crippen molar-refractivity contribution in [1.29, 1.82) is 0 Å². The van der Waals surface area contributed by atoms with E-state index in [1.165, 1.54) is 0 Å². The van der Waals surface area contributed by atoms with Crippen molar-refractivity contribution in [1.82, 2.24) is 14.7 Å². The Hall–Kier alpha value is -1.45. The molecule has 1 rings (SSSR count). The highest BCUT2D eigenvalue weighted by Gasteiger charge is 2.09. The SMILES string of the molecule is CCc1nc(NN)c(C)c(NCCNS(C)(=O)=O)n1. The average Bonchev–Trinajstić information content (AvgIpc) is 2.35. The molecule has 0 fully saturated rings. The average molecular weight is 288 g/mol. The fraction of sp³-hybridized carbons (Fsp3) is 0.600. The number of nitrogens with two attached hydrogens (primary N) is 1. The second-order valence-electron chi connectivity index (χ2n) is 4.05. The van der Waals surface area contributed by atoms with Crippen LogP contribution < -0.4 is 21.3 Å². The summed E-state index contributed by atoms with van der Waals surface area (Å²) in [7, 11) is -3.17. The maximum absolute atomic E-state index is 10.9. The zero-order valence-electron chi connectivity index (χ0n) is 11.3. The summed E-state index contributed by atoms with van der Waals surface area (Å²) in [6, 6.07) is 0. The van der Waals surface area contributed by atoms with Gasteiger partial charge in [0.2, 0.25) is 10.0 Å². The zero-order valence-corrected chi connectivity index (χ0v) is 12.1. The van der Waals surface area contributed by atoms with Crippen molar-refractivity contribution in [2.45, 2.75) is 20.3 Å². The molecule has 9 heteroatoms. The van der Waals surface area contributed by atoms with Gasteiger partial charge in [0.15, 0.2) is 0 Å². The van der Waals surface area contributed by atoms with Crippen molar-refractivity contribution in [2.24, 2.45) is 5.84 Å². The number of sulfonamides is 1. The van der Waals surface area contributed by atoms with Gasteiger partial charge in [-0.3, -0.25) is 0 Å². The zero-order chi connectivity index (χ0) is 14.5. The van der Waals surface area contributed by atoms with Crippen molar-refractivity contribution in [3.63, 3.8) is 0 Å². The Bertz CT molecular complexity index is 531. The molecule has 0 saturated carbocycles. The van der Waals surface area contributed by atoms with E-state index >= 15 is 0 Å². The molecule has 0 saturated heterocycles. The summed E-state index contributed by atoms with van der Waals surface area (Å²) in [5, 5.41) is 3.06. The molecule has 19 heavy (non-hydrogen) atoms. The fourth-order valence-electron chi connectivity index (χ4n) is 1.45. The number of hydrogen-bond acceptors (Lipinski definition) is 7. The van der Waals surface area contributed by atoms with E-state index in [2.05, 4.69) is 25.4 Å². The van der Waals surface area contributed by atoms with Crippen molar-refractivity contribution in [3.05, 3.63) is 11.4 Å². The number of nitrogen functional groups attached to an aromatic ring is 1. The minimum Gasteiger partial charge on any atom is -0.368 e. The molecule has 0 aliphatic carbocycles. The quantitative estimate of drug-likeness (QED) is 0.306. The van der Waals surface area contributed by atoms with Crippen LogP contribution in [0.5, 0.6) is 0 Å². The molecule has 8 nitrogen and oxygen atoms in total. The predicted octanol–water partition coefficient (Wildman–Crippen LogP) is -0.406. The molecule has 1 heterocycles. The van der Waals surface area contributed by atoms with Crippen LogP contribution in [0.3, 0.4) is 0 Å². The van der Waals surface area contributed by atoms with E-state index in [0.29, 0.717) is 30.4 Å². The molecule has 0 aromatic carbocycles. The van der Waals surface area contributed by atoms with E-state index in [1.807, 2.05) is 13.8 Å². The number of aromatic nitrogens is 2. The van der Waals surface area contributed by atoms with Gasteiger partial charge in [-0.15, -0.1) is 0 Å². The van der Waals surface area contributed by atoms with E-state index < -0.39 is 10.0 Å². The van der Waals surface area contributed by atoms with E-state index in [-0.39, 0.29) is 6.54 Å². The van der Waals surface area contributed by atoms with E-state index in [1.54, 1.807) is 0 Å². The van der Waals surface area contributed by atoms with E-state index in [0.717, 1.165) is 11.8 Å². The number of nitrogens with zero attached hydrogens (tertiary/aromatic N) is 2. The highest BCUT2D eigenvalue weighted by atomic mass is 32.2. The first-order valence-corrected chi connectivity index (χ1v) is 7.79. The molecule has 0 aliphatic rings. The molecule has 0 spiro atoms. The maximum atomic E-state index is 10.9. The third-order valence-corrected chi connectivity index (χ3v) is 3.16. The second-order valence-corrected chi connectivity index (χ2v) is 5.89. The lowest BCUT2D eigenvalue weighted by atomic mass is 10.3. The molecule has 0 bridgehead atoms. The lowest BCUT2D eigenvalue weighted by Crippen LogP contribution is -2.28. The third-order valence-electron chi connectivity index (χ3n) is 2.43. The van der Waals surface area contributed by atoms with Gasteiger partial charge in [0.25, 0.3) is 0 Å². The van der Waals surface area contributed by atoms with Gasteiger partial charge in [-0.25, -0.2) is 29.0 Å². The number of aryl methyl sites for hydroxylation is 1. The highest BCUT2D eigenvalue weighted by Crippen LogP contribution is 2.18. The summed E-state index contributed by atoms with van der Waals surface area (Å²) < 4.78 is 24.2. The molecule has 1 aromatic rings. The lowest BCUT2D eigenvalue weighted by molar-refractivity contribution is 0.589. The van der Waals surface area contributed by atoms with Crippen LogP contribution in [0.2, 0.25) is 0 Å². The second kappa shape index (κ2) is 6.64. The van der Waals surface area contributed by atoms with Crippen molar-refractivity contribution >= 4 is 21.7 Å². The predicted molar refractivity (Wildman–Crippen MR) is 75.3 cm³/mol. The van der Waals surface area contributed by atoms with Crippen LogP contribution in [-0.2, 0) is 16.4 Å². The van der Waals surface area contributed by atoms with E-state index in [4.69, 9.17) is 5.84 Å². The molecular weight excluding hydrogens is 268 g/mol. The smallest absolute Gasteiger partial charge is 0.208 e. The van der Waals surface area contributed by atoms with Crippen LogP contribution in [0.15, 0.2) is 0 Å². The van der Waals surface area contributed by atoms with Gasteiger partial charge in [-0.05, 0) is 6.92 Å². The number of hydrogen-bond donors (Lipinski definition) is 4. The lowest BCUT2D eigenvalue weighted by Gasteiger charge is -2.13.